The van der Waals surface area contributed by atoms with E-state index in [0.717, 1.165) is 18.1 Å². The minimum absolute atomic E-state index is 0.160. The number of aliphatic hydroxyl groups is 2. The fourth-order valence-corrected chi connectivity index (χ4v) is 6.28. The summed E-state index contributed by atoms with van der Waals surface area (Å²) in [6.07, 6.45) is -4.04. The van der Waals surface area contributed by atoms with Gasteiger partial charge in [-0.1, -0.05) is 81.8 Å². The molecule has 14 nitrogen and oxygen atoms in total. The molecule has 268 valence electrons. The summed E-state index contributed by atoms with van der Waals surface area (Å²) in [4.78, 5) is 62.9. The van der Waals surface area contributed by atoms with E-state index < -0.39 is 77.7 Å². The van der Waals surface area contributed by atoms with Gasteiger partial charge in [0, 0.05) is 25.3 Å². The number of carboxylic acids is 3. The highest BCUT2D eigenvalue weighted by molar-refractivity contribution is 5.98. The molecule has 0 unspecified atom stereocenters. The second-order valence-corrected chi connectivity index (χ2v) is 12.6. The lowest BCUT2D eigenvalue weighted by atomic mass is 9.74. The first-order valence-electron chi connectivity index (χ1n) is 15.8. The number of fused-ring (bicyclic) bond motifs is 2. The molecule has 2 aliphatic rings. The summed E-state index contributed by atoms with van der Waals surface area (Å²) in [5.74, 6) is -11.4. The number of esters is 2. The van der Waals surface area contributed by atoms with Crippen molar-refractivity contribution in [2.75, 3.05) is 0 Å². The van der Waals surface area contributed by atoms with Crippen LogP contribution in [0.5, 0.6) is 0 Å². The Labute approximate surface area is 283 Å². The number of carboxylic acid groups (broad SMARTS) is 3. The number of carbonyl (C=O) groups is 5. The fourth-order valence-electron chi connectivity index (χ4n) is 6.28. The van der Waals surface area contributed by atoms with Gasteiger partial charge in [-0.05, 0) is 36.8 Å². The maximum absolute atomic E-state index is 13.0. The van der Waals surface area contributed by atoms with E-state index in [-0.39, 0.29) is 23.8 Å². The lowest BCUT2D eigenvalue weighted by molar-refractivity contribution is -0.374. The van der Waals surface area contributed by atoms with E-state index in [1.807, 2.05) is 50.3 Å². The highest BCUT2D eigenvalue weighted by atomic mass is 16.8. The molecule has 0 aromatic heterocycles. The molecule has 5 N–H and O–H groups in total. The summed E-state index contributed by atoms with van der Waals surface area (Å²) in [5.41, 5.74) is -5.67. The third-order valence-electron chi connectivity index (χ3n) is 8.93. The molecule has 14 heteroatoms. The molecular formula is C35H44O14. The van der Waals surface area contributed by atoms with Gasteiger partial charge in [-0.25, -0.2) is 19.2 Å². The van der Waals surface area contributed by atoms with Crippen LogP contribution in [0.2, 0.25) is 0 Å². The van der Waals surface area contributed by atoms with Crippen LogP contribution in [0.4, 0.5) is 0 Å². The number of benzene rings is 1. The Morgan fingerprint density at radius 2 is 1.65 bits per heavy atom. The van der Waals surface area contributed by atoms with Crippen LogP contribution >= 0.6 is 0 Å². The molecule has 2 fully saturated rings. The van der Waals surface area contributed by atoms with Gasteiger partial charge in [0.2, 0.25) is 23.1 Å². The lowest BCUT2D eigenvalue weighted by Gasteiger charge is -2.48. The first-order valence-corrected chi connectivity index (χ1v) is 15.8. The van der Waals surface area contributed by atoms with E-state index in [9.17, 15) is 49.5 Å². The van der Waals surface area contributed by atoms with Crippen LogP contribution in [0.25, 0.3) is 0 Å². The van der Waals surface area contributed by atoms with Crippen LogP contribution < -0.4 is 0 Å². The molecule has 2 saturated heterocycles. The number of ether oxygens (including phenoxy) is 4. The van der Waals surface area contributed by atoms with Crippen molar-refractivity contribution < 1.29 is 68.5 Å². The van der Waals surface area contributed by atoms with E-state index in [0.29, 0.717) is 12.0 Å². The average Bonchev–Trinajstić information content (AvgIpc) is 3.25. The first kappa shape index (κ1) is 39.1. The van der Waals surface area contributed by atoms with Crippen LogP contribution in [0.15, 0.2) is 66.3 Å². The standard InChI is InChI=1S/C35H44O14/c1-7-19(2)17-20(3)13-14-25(37)47-28-27(38)33(48-29(30(39)40)34(45,31(41)42)35(28,49-33)32(43)44)16-15-21(4)26(46-23(6)36)22(5)18-24-11-9-8-10-12-24/h8-14,17,19,22,26-29,38,45H,4,7,15-16,18H2,1-3,5-6H3,(H,39,40)(H,41,42)(H,43,44)/t19-,22-,26-,27-,28-,29-,33+,34-,35+/m1/s1. The minimum atomic E-state index is -3.91. The quantitative estimate of drug-likeness (QED) is 0.0729. The van der Waals surface area contributed by atoms with Crippen molar-refractivity contribution >= 4 is 29.8 Å². The molecule has 9 atom stereocenters. The lowest BCUT2D eigenvalue weighted by Crippen LogP contribution is -2.78. The molecule has 3 rings (SSSR count). The molecule has 2 heterocycles. The summed E-state index contributed by atoms with van der Waals surface area (Å²) < 4.78 is 22.0. The Balaban J connectivity index is 2.04. The van der Waals surface area contributed by atoms with Crippen molar-refractivity contribution in [2.24, 2.45) is 11.8 Å². The molecule has 1 aromatic carbocycles. The second kappa shape index (κ2) is 15.5. The molecule has 2 bridgehead atoms. The van der Waals surface area contributed by atoms with Crippen LogP contribution in [-0.4, -0.2) is 96.8 Å². The third-order valence-corrected chi connectivity index (χ3v) is 8.93. The highest BCUT2D eigenvalue weighted by Gasteiger charge is 2.85. The van der Waals surface area contributed by atoms with E-state index in [1.165, 1.54) is 13.0 Å². The molecule has 49 heavy (non-hydrogen) atoms. The topological polar surface area (TPSA) is 223 Å². The van der Waals surface area contributed by atoms with Crippen molar-refractivity contribution in [1.29, 1.82) is 0 Å². The number of hydrogen-bond acceptors (Lipinski definition) is 11. The Bertz CT molecular complexity index is 1500. The zero-order chi connectivity index (χ0) is 36.9. The molecular weight excluding hydrogens is 644 g/mol. The molecule has 1 aromatic rings. The maximum Gasteiger partial charge on any atom is 0.344 e. The van der Waals surface area contributed by atoms with Gasteiger partial charge in [-0.2, -0.15) is 0 Å². The average molecular weight is 689 g/mol. The Kier molecular flexibility index (Phi) is 12.3. The molecule has 0 saturated carbocycles. The number of rotatable bonds is 16. The van der Waals surface area contributed by atoms with E-state index in [4.69, 9.17) is 18.9 Å². The van der Waals surface area contributed by atoms with Crippen molar-refractivity contribution in [3.05, 3.63) is 71.8 Å². The number of aliphatic hydroxyl groups excluding tert-OH is 1. The van der Waals surface area contributed by atoms with Crippen molar-refractivity contribution in [1.82, 2.24) is 0 Å². The normalized spacial score (nSPS) is 29.9. The van der Waals surface area contributed by atoms with Gasteiger partial charge in [-0.15, -0.1) is 0 Å². The van der Waals surface area contributed by atoms with Gasteiger partial charge in [0.15, 0.2) is 6.10 Å². The monoisotopic (exact) mass is 688 g/mol. The second-order valence-electron chi connectivity index (χ2n) is 12.6. The fraction of sp³-hybridized carbons (Fsp3) is 0.514. The van der Waals surface area contributed by atoms with E-state index >= 15 is 0 Å². The largest absolute Gasteiger partial charge is 0.479 e. The Morgan fingerprint density at radius 3 is 2.18 bits per heavy atom. The third kappa shape index (κ3) is 7.77. The van der Waals surface area contributed by atoms with Crippen molar-refractivity contribution in [3.63, 3.8) is 0 Å². The SMILES string of the molecule is C=C(CC[C@]12O[C@H](C(=O)O)[C@@](O)(C(=O)O)[C@](C(=O)O)(O1)[C@H](OC(=O)C=CC(C)=C[C@H](C)CC)[C@H]2O)[C@@H](OC(C)=O)[C@H](C)Cc1ccccc1. The minimum Gasteiger partial charge on any atom is -0.479 e. The molecule has 0 aliphatic carbocycles. The number of hydrogen-bond donors (Lipinski definition) is 5. The van der Waals surface area contributed by atoms with Gasteiger partial charge >= 0.3 is 29.8 Å². The Hall–Kier alpha value is -4.37. The summed E-state index contributed by atoms with van der Waals surface area (Å²) >= 11 is 0. The number of allylic oxidation sites excluding steroid dienone is 3. The first-order chi connectivity index (χ1) is 22.9. The van der Waals surface area contributed by atoms with Gasteiger partial charge in [0.25, 0.3) is 0 Å². The smallest absolute Gasteiger partial charge is 0.344 e. The van der Waals surface area contributed by atoms with Gasteiger partial charge in [-0.3, -0.25) is 4.79 Å². The van der Waals surface area contributed by atoms with E-state index in [2.05, 4.69) is 6.58 Å². The molecule has 2 aliphatic heterocycles. The molecule has 0 radical (unpaired) electrons. The number of aliphatic carboxylic acids is 3. The predicted octanol–water partition coefficient (Wildman–Crippen LogP) is 2.80. The summed E-state index contributed by atoms with van der Waals surface area (Å²) in [7, 11) is 0. The molecule has 0 spiro atoms. The summed E-state index contributed by atoms with van der Waals surface area (Å²) in [6.45, 7) is 12.6. The predicted molar refractivity (Wildman–Crippen MR) is 171 cm³/mol. The highest BCUT2D eigenvalue weighted by Crippen LogP contribution is 2.56. The van der Waals surface area contributed by atoms with Crippen LogP contribution in [0.1, 0.15) is 59.4 Å². The van der Waals surface area contributed by atoms with Crippen LogP contribution in [0, 0.1) is 11.8 Å². The maximum atomic E-state index is 13.0. The molecule has 0 amide bonds. The number of carbonyl (C=O) groups excluding carboxylic acids is 2. The van der Waals surface area contributed by atoms with Crippen molar-refractivity contribution in [2.45, 2.75) is 102 Å². The van der Waals surface area contributed by atoms with Gasteiger partial charge in [0.05, 0.1) is 0 Å². The Morgan fingerprint density at radius 1 is 1.02 bits per heavy atom. The zero-order valence-corrected chi connectivity index (χ0v) is 28.0. The van der Waals surface area contributed by atoms with Gasteiger partial charge in [0.1, 0.15) is 12.2 Å². The van der Waals surface area contributed by atoms with Crippen molar-refractivity contribution in [3.8, 4) is 0 Å². The summed E-state index contributed by atoms with van der Waals surface area (Å²) in [6, 6.07) is 9.27. The van der Waals surface area contributed by atoms with Crippen LogP contribution in [-0.2, 0) is 49.3 Å². The van der Waals surface area contributed by atoms with Gasteiger partial charge < -0.3 is 44.5 Å². The van der Waals surface area contributed by atoms with Crippen LogP contribution in [0.3, 0.4) is 0 Å². The van der Waals surface area contributed by atoms with E-state index in [1.54, 1.807) is 13.8 Å². The summed E-state index contributed by atoms with van der Waals surface area (Å²) in [5, 5.41) is 53.5. The zero-order valence-electron chi connectivity index (χ0n) is 28.0.